The van der Waals surface area contributed by atoms with Gasteiger partial charge in [-0.2, -0.15) is 4.31 Å². The van der Waals surface area contributed by atoms with Crippen LogP contribution in [0.5, 0.6) is 0 Å². The van der Waals surface area contributed by atoms with Crippen LogP contribution in [0.15, 0.2) is 77.7 Å². The summed E-state index contributed by atoms with van der Waals surface area (Å²) in [5.41, 5.74) is 4.53. The molecule has 39 heavy (non-hydrogen) atoms. The van der Waals surface area contributed by atoms with Crippen molar-refractivity contribution in [1.29, 1.82) is 0 Å². The van der Waals surface area contributed by atoms with E-state index in [1.165, 1.54) is 28.5 Å². The van der Waals surface area contributed by atoms with Gasteiger partial charge in [0.15, 0.2) is 0 Å². The van der Waals surface area contributed by atoms with Crippen molar-refractivity contribution in [3.63, 3.8) is 0 Å². The van der Waals surface area contributed by atoms with Gasteiger partial charge >= 0.3 is 5.97 Å². The lowest BCUT2D eigenvalue weighted by Gasteiger charge is -2.29. The van der Waals surface area contributed by atoms with Gasteiger partial charge in [0.2, 0.25) is 10.0 Å². The van der Waals surface area contributed by atoms with E-state index < -0.39 is 22.1 Å². The molecule has 0 aromatic heterocycles. The van der Waals surface area contributed by atoms with E-state index in [-0.39, 0.29) is 29.9 Å². The Morgan fingerprint density at radius 2 is 1.62 bits per heavy atom. The van der Waals surface area contributed by atoms with E-state index in [0.29, 0.717) is 11.1 Å². The van der Waals surface area contributed by atoms with E-state index >= 15 is 0 Å². The first-order valence-corrected chi connectivity index (χ1v) is 14.7. The number of carboxylic acid groups (broad SMARTS) is 1. The Morgan fingerprint density at radius 3 is 2.26 bits per heavy atom. The predicted octanol–water partition coefficient (Wildman–Crippen LogP) is 4.66. The monoisotopic (exact) mass is 552 g/mol. The lowest BCUT2D eigenvalue weighted by molar-refractivity contribution is -0.136. The molecule has 0 aliphatic carbocycles. The van der Waals surface area contributed by atoms with E-state index in [9.17, 15) is 18.3 Å². The van der Waals surface area contributed by atoms with Crippen LogP contribution in [-0.2, 0) is 27.7 Å². The molecule has 210 valence electrons. The van der Waals surface area contributed by atoms with Crippen LogP contribution in [0.1, 0.15) is 43.4 Å². The highest BCUT2D eigenvalue weighted by Gasteiger charge is 2.25. The molecule has 1 atom stereocenters. The number of nitrogens with one attached hydrogen (secondary N) is 1. The number of likely N-dealkylation sites (N-methyl/N-ethyl adjacent to an activating group) is 1. The van der Waals surface area contributed by atoms with Gasteiger partial charge in [0.05, 0.1) is 17.4 Å². The third-order valence-corrected chi connectivity index (χ3v) is 8.68. The highest BCUT2D eigenvalue weighted by molar-refractivity contribution is 7.89. The Bertz CT molecular complexity index is 1340. The van der Waals surface area contributed by atoms with Gasteiger partial charge < -0.3 is 15.5 Å². The van der Waals surface area contributed by atoms with E-state index in [0.717, 1.165) is 24.8 Å². The molecule has 0 unspecified atom stereocenters. The van der Waals surface area contributed by atoms with Crippen LogP contribution in [0.25, 0.3) is 11.1 Å². The number of sulfonamides is 1. The molecule has 0 spiro atoms. The van der Waals surface area contributed by atoms with Crippen molar-refractivity contribution < 1.29 is 23.4 Å². The standard InChI is InChI=1S/C31H40N2O5S/c1-23-10-12-24(13-11-23)7-6-18-31(2,3)32-21-28(34)22-33(4)39(37,38)29-9-5-8-27(20-29)26-16-14-25(15-17-26)19-30(35)36/h5,8-17,20,28,32,34H,6-7,18-19,21-22H2,1-4H3,(H,35,36)/t28-/m1/s1. The third-order valence-electron chi connectivity index (χ3n) is 6.86. The minimum atomic E-state index is -3.82. The zero-order valence-corrected chi connectivity index (χ0v) is 24.0. The average molecular weight is 553 g/mol. The van der Waals surface area contributed by atoms with Crippen LogP contribution in [-0.4, -0.2) is 60.7 Å². The number of hydrogen-bond acceptors (Lipinski definition) is 5. The molecule has 0 amide bonds. The molecule has 7 nitrogen and oxygen atoms in total. The second-order valence-corrected chi connectivity index (χ2v) is 12.9. The van der Waals surface area contributed by atoms with Crippen molar-refractivity contribution >= 4 is 16.0 Å². The Labute approximate surface area is 232 Å². The maximum absolute atomic E-state index is 13.3. The third kappa shape index (κ3) is 9.28. The van der Waals surface area contributed by atoms with Gasteiger partial charge in [0.1, 0.15) is 0 Å². The minimum absolute atomic E-state index is 0.0388. The molecule has 0 bridgehead atoms. The fourth-order valence-electron chi connectivity index (χ4n) is 4.44. The van der Waals surface area contributed by atoms with Crippen molar-refractivity contribution in [2.24, 2.45) is 0 Å². The summed E-state index contributed by atoms with van der Waals surface area (Å²) in [5, 5.41) is 23.0. The van der Waals surface area contributed by atoms with E-state index in [1.54, 1.807) is 36.4 Å². The number of benzene rings is 3. The summed E-state index contributed by atoms with van der Waals surface area (Å²) >= 11 is 0. The minimum Gasteiger partial charge on any atom is -0.481 e. The Kier molecular flexibility index (Phi) is 10.4. The van der Waals surface area contributed by atoms with Gasteiger partial charge in [-0.25, -0.2) is 8.42 Å². The number of β-amino-alcohol motifs (C(OH)–C–C–N with tert-alkyl or cyclic N) is 1. The van der Waals surface area contributed by atoms with E-state index in [2.05, 4.69) is 50.4 Å². The SMILES string of the molecule is Cc1ccc(CCCC(C)(C)NC[C@@H](O)CN(C)S(=O)(=O)c2cccc(-c3ccc(CC(=O)O)cc3)c2)cc1. The molecule has 0 radical (unpaired) electrons. The first-order chi connectivity index (χ1) is 18.4. The maximum atomic E-state index is 13.3. The molecular weight excluding hydrogens is 512 g/mol. The number of nitrogens with zero attached hydrogens (tertiary/aromatic N) is 1. The van der Waals surface area contributed by atoms with Crippen molar-refractivity contribution in [3.05, 3.63) is 89.5 Å². The summed E-state index contributed by atoms with van der Waals surface area (Å²) in [6.07, 6.45) is 1.98. The number of carbonyl (C=O) groups is 1. The molecule has 3 aromatic rings. The van der Waals surface area contributed by atoms with Gasteiger partial charge in [0, 0.05) is 25.7 Å². The molecule has 0 fully saturated rings. The first kappa shape index (κ1) is 30.5. The zero-order chi connectivity index (χ0) is 28.6. The normalized spacial score (nSPS) is 13.0. The van der Waals surface area contributed by atoms with Crippen molar-refractivity contribution in [2.75, 3.05) is 20.1 Å². The lowest BCUT2D eigenvalue weighted by atomic mass is 9.95. The number of hydrogen-bond donors (Lipinski definition) is 3. The van der Waals surface area contributed by atoms with E-state index in [1.807, 2.05) is 6.07 Å². The molecule has 3 N–H and O–H groups in total. The number of carboxylic acids is 1. The van der Waals surface area contributed by atoms with E-state index in [4.69, 9.17) is 5.11 Å². The summed E-state index contributed by atoms with van der Waals surface area (Å²) in [4.78, 5) is 11.0. The number of aliphatic hydroxyl groups is 1. The molecule has 0 heterocycles. The number of aliphatic carboxylic acids is 1. The number of aryl methyl sites for hydroxylation is 2. The maximum Gasteiger partial charge on any atom is 0.307 e. The molecule has 0 aliphatic rings. The van der Waals surface area contributed by atoms with Gasteiger partial charge in [-0.15, -0.1) is 0 Å². The molecular formula is C31H40N2O5S. The molecule has 0 saturated heterocycles. The fourth-order valence-corrected chi connectivity index (χ4v) is 5.69. The van der Waals surface area contributed by atoms with Crippen molar-refractivity contribution in [1.82, 2.24) is 9.62 Å². The molecule has 3 aromatic carbocycles. The Hall–Kier alpha value is -3.04. The second-order valence-electron chi connectivity index (χ2n) is 10.8. The smallest absolute Gasteiger partial charge is 0.307 e. The average Bonchev–Trinajstić information content (AvgIpc) is 2.89. The highest BCUT2D eigenvalue weighted by atomic mass is 32.2. The van der Waals surface area contributed by atoms with Crippen LogP contribution in [0.3, 0.4) is 0 Å². The van der Waals surface area contributed by atoms with Crippen molar-refractivity contribution in [2.45, 2.75) is 63.0 Å². The van der Waals surface area contributed by atoms with Crippen LogP contribution in [0, 0.1) is 6.92 Å². The largest absolute Gasteiger partial charge is 0.481 e. The predicted molar refractivity (Wildman–Crippen MR) is 155 cm³/mol. The quantitative estimate of drug-likeness (QED) is 0.269. The fraction of sp³-hybridized carbons (Fsp3) is 0.387. The Balaban J connectivity index is 1.54. The van der Waals surface area contributed by atoms with Crippen LogP contribution >= 0.6 is 0 Å². The molecule has 3 rings (SSSR count). The first-order valence-electron chi connectivity index (χ1n) is 13.2. The van der Waals surface area contributed by atoms with Gasteiger partial charge in [-0.05, 0) is 74.4 Å². The van der Waals surface area contributed by atoms with Crippen molar-refractivity contribution in [3.8, 4) is 11.1 Å². The molecule has 0 saturated carbocycles. The molecule has 8 heteroatoms. The van der Waals surface area contributed by atoms with Gasteiger partial charge in [0.25, 0.3) is 0 Å². The van der Waals surface area contributed by atoms with Crippen LogP contribution < -0.4 is 5.32 Å². The summed E-state index contributed by atoms with van der Waals surface area (Å²) in [6, 6.07) is 22.2. The summed E-state index contributed by atoms with van der Waals surface area (Å²) in [5.74, 6) is -0.905. The highest BCUT2D eigenvalue weighted by Crippen LogP contribution is 2.25. The van der Waals surface area contributed by atoms with Crippen LogP contribution in [0.4, 0.5) is 0 Å². The Morgan fingerprint density at radius 1 is 0.974 bits per heavy atom. The number of rotatable bonds is 14. The van der Waals surface area contributed by atoms with Crippen LogP contribution in [0.2, 0.25) is 0 Å². The summed E-state index contributed by atoms with van der Waals surface area (Å²) < 4.78 is 27.7. The number of aliphatic hydroxyl groups excluding tert-OH is 1. The zero-order valence-electron chi connectivity index (χ0n) is 23.2. The lowest BCUT2D eigenvalue weighted by Crippen LogP contribution is -2.46. The second kappa shape index (κ2) is 13.3. The topological polar surface area (TPSA) is 107 Å². The summed E-state index contributed by atoms with van der Waals surface area (Å²) in [6.45, 7) is 6.50. The summed E-state index contributed by atoms with van der Waals surface area (Å²) in [7, 11) is -2.35. The van der Waals surface area contributed by atoms with Gasteiger partial charge in [-0.1, -0.05) is 66.2 Å². The van der Waals surface area contributed by atoms with Gasteiger partial charge in [-0.3, -0.25) is 4.79 Å². The molecule has 0 aliphatic heterocycles.